The molecule has 0 aliphatic carbocycles. The van der Waals surface area contributed by atoms with Crippen LogP contribution in [-0.2, 0) is 42.7 Å². The van der Waals surface area contributed by atoms with Crippen molar-refractivity contribution in [3.63, 3.8) is 0 Å². The number of epoxide rings is 1. The van der Waals surface area contributed by atoms with Crippen LogP contribution in [0.4, 0.5) is 0 Å². The molecule has 11 heteroatoms. The average Bonchev–Trinajstić information content (AvgIpc) is 3.31. The predicted octanol–water partition coefficient (Wildman–Crippen LogP) is 3.82. The number of hydrogen-bond acceptors (Lipinski definition) is 11. The van der Waals surface area contributed by atoms with E-state index >= 15 is 0 Å². The predicted molar refractivity (Wildman–Crippen MR) is 154 cm³/mol. The molecule has 4 fully saturated rings. The van der Waals surface area contributed by atoms with Crippen LogP contribution in [0.25, 0.3) is 0 Å². The molecule has 4 aliphatic rings. The van der Waals surface area contributed by atoms with Gasteiger partial charge in [0.25, 0.3) is 0 Å². The fraction of sp³-hybridized carbons (Fsp3) is 0.862. The summed E-state index contributed by atoms with van der Waals surface area (Å²) < 4.78 is 36.2. The molecule has 0 bridgehead atoms. The van der Waals surface area contributed by atoms with Crippen molar-refractivity contribution in [2.24, 2.45) is 0 Å². The SMILES string of the molecule is C=C.CC(=O)CO.CC(C)=O.CC1CO1.CC1COC(C)(C)O1.CC1COC(C)(C)O1.CC1COC(C)(CO)O1. The van der Waals surface area contributed by atoms with Gasteiger partial charge in [0.2, 0.25) is 0 Å². The summed E-state index contributed by atoms with van der Waals surface area (Å²) in [7, 11) is 0. The second-order valence-corrected chi connectivity index (χ2v) is 10.7. The number of hydrogen-bond donors (Lipinski definition) is 2. The highest BCUT2D eigenvalue weighted by molar-refractivity contribution is 5.76. The molecule has 0 saturated carbocycles. The minimum Gasteiger partial charge on any atom is -0.391 e. The standard InChI is InChI=1S/C6H12O3.2C6H12O2.C3H6O2.2C3H6O.C2H4/c1-5-3-8-6(2,4-7)9-5;2*1-5-4-7-6(2,3)8-5;1-3(5)2-4;1-3-2-4-3;1-3(2)4;1-2/h5,7H,3-4H2,1-2H3;2*5H,4H2,1-3H3;4H,2H2,1H3;3H,2H2,1H3;1-2H3;1-2H2. The quantitative estimate of drug-likeness (QED) is 0.362. The number of ketones is 2. The van der Waals surface area contributed by atoms with Crippen LogP contribution < -0.4 is 0 Å². The number of carbonyl (C=O) groups is 2. The minimum atomic E-state index is -0.737. The monoisotopic (exact) mass is 582 g/mol. The molecule has 0 aromatic carbocycles. The van der Waals surface area contributed by atoms with Crippen molar-refractivity contribution in [2.75, 3.05) is 39.6 Å². The summed E-state index contributed by atoms with van der Waals surface area (Å²) in [6.45, 7) is 30.4. The van der Waals surface area contributed by atoms with Crippen molar-refractivity contribution in [3.8, 4) is 0 Å². The summed E-state index contributed by atoms with van der Waals surface area (Å²) >= 11 is 0. The van der Waals surface area contributed by atoms with Crippen LogP contribution in [0.3, 0.4) is 0 Å². The Morgan fingerprint density at radius 2 is 0.950 bits per heavy atom. The lowest BCUT2D eigenvalue weighted by atomic mass is 10.3. The van der Waals surface area contributed by atoms with Crippen molar-refractivity contribution in [3.05, 3.63) is 13.2 Å². The van der Waals surface area contributed by atoms with Gasteiger partial charge in [-0.1, -0.05) is 0 Å². The maximum atomic E-state index is 9.56. The van der Waals surface area contributed by atoms with Crippen molar-refractivity contribution >= 4 is 11.6 Å². The molecule has 0 spiro atoms. The molecule has 2 N–H and O–H groups in total. The van der Waals surface area contributed by atoms with E-state index in [1.807, 2.05) is 48.5 Å². The van der Waals surface area contributed by atoms with Gasteiger partial charge in [-0.15, -0.1) is 13.2 Å². The Balaban J connectivity index is -0.000000416. The zero-order valence-electron chi connectivity index (χ0n) is 27.0. The largest absolute Gasteiger partial charge is 0.391 e. The second kappa shape index (κ2) is 22.3. The summed E-state index contributed by atoms with van der Waals surface area (Å²) in [6, 6.07) is 0. The molecular formula is C29H58O11. The van der Waals surface area contributed by atoms with Gasteiger partial charge in [0.05, 0.1) is 57.5 Å². The fourth-order valence-electron chi connectivity index (χ4n) is 2.71. The van der Waals surface area contributed by atoms with Crippen molar-refractivity contribution in [1.29, 1.82) is 0 Å². The van der Waals surface area contributed by atoms with Crippen LogP contribution >= 0.6 is 0 Å². The molecule has 4 saturated heterocycles. The van der Waals surface area contributed by atoms with Gasteiger partial charge in [-0.2, -0.15) is 0 Å². The number of rotatable bonds is 2. The normalized spacial score (nSPS) is 29.8. The first-order chi connectivity index (χ1) is 18.3. The number of aliphatic hydroxyl groups is 2. The highest BCUT2D eigenvalue weighted by Crippen LogP contribution is 2.22. The Morgan fingerprint density at radius 1 is 0.675 bits per heavy atom. The smallest absolute Gasteiger partial charge is 0.189 e. The van der Waals surface area contributed by atoms with Gasteiger partial charge in [-0.3, -0.25) is 4.79 Å². The Bertz CT molecular complexity index is 636. The first-order valence-corrected chi connectivity index (χ1v) is 13.5. The summed E-state index contributed by atoms with van der Waals surface area (Å²) in [5.41, 5.74) is 0. The molecule has 4 rings (SSSR count). The summed E-state index contributed by atoms with van der Waals surface area (Å²) in [4.78, 5) is 19.0. The van der Waals surface area contributed by atoms with E-state index in [9.17, 15) is 9.59 Å². The number of ether oxygens (including phenoxy) is 7. The van der Waals surface area contributed by atoms with Gasteiger partial charge in [-0.25, -0.2) is 0 Å². The third kappa shape index (κ3) is 29.7. The first kappa shape index (κ1) is 43.2. The molecule has 0 aromatic rings. The summed E-state index contributed by atoms with van der Waals surface area (Å²) in [5, 5.41) is 16.5. The van der Waals surface area contributed by atoms with Crippen LogP contribution in [0.5, 0.6) is 0 Å². The van der Waals surface area contributed by atoms with Crippen molar-refractivity contribution < 1.29 is 53.0 Å². The molecule has 0 radical (unpaired) electrons. The van der Waals surface area contributed by atoms with E-state index in [1.54, 1.807) is 6.92 Å². The topological polar surface area (TPSA) is 143 Å². The second-order valence-electron chi connectivity index (χ2n) is 10.7. The first-order valence-electron chi connectivity index (χ1n) is 13.5. The van der Waals surface area contributed by atoms with E-state index in [0.29, 0.717) is 12.7 Å². The Labute approximate surface area is 242 Å². The molecule has 0 amide bonds. The van der Waals surface area contributed by atoms with E-state index in [2.05, 4.69) is 20.1 Å². The lowest BCUT2D eigenvalue weighted by Crippen LogP contribution is -2.30. The Kier molecular flexibility index (Phi) is 24.1. The highest BCUT2D eigenvalue weighted by Gasteiger charge is 2.34. The van der Waals surface area contributed by atoms with Gasteiger partial charge in [-0.05, 0) is 83.1 Å². The molecule has 0 aromatic heterocycles. The summed E-state index contributed by atoms with van der Waals surface area (Å²) in [5.74, 6) is -1.43. The molecular weight excluding hydrogens is 524 g/mol. The Morgan fingerprint density at radius 3 is 1.02 bits per heavy atom. The fourth-order valence-corrected chi connectivity index (χ4v) is 2.71. The number of Topliss-reactive ketones (excluding diaryl/α,β-unsaturated/α-hetero) is 2. The zero-order valence-corrected chi connectivity index (χ0v) is 27.0. The molecule has 5 unspecified atom stereocenters. The molecule has 4 heterocycles. The third-order valence-corrected chi connectivity index (χ3v) is 4.39. The lowest BCUT2D eigenvalue weighted by molar-refractivity contribution is -0.176. The highest BCUT2D eigenvalue weighted by atomic mass is 16.8. The minimum absolute atomic E-state index is 0.0721. The molecule has 11 nitrogen and oxygen atoms in total. The van der Waals surface area contributed by atoms with Crippen molar-refractivity contribution in [2.45, 2.75) is 125 Å². The van der Waals surface area contributed by atoms with Crippen LogP contribution in [-0.4, -0.2) is 103 Å². The molecule has 4 aliphatic heterocycles. The van der Waals surface area contributed by atoms with E-state index in [4.69, 9.17) is 43.4 Å². The van der Waals surface area contributed by atoms with E-state index in [0.717, 1.165) is 19.8 Å². The van der Waals surface area contributed by atoms with Gasteiger partial charge in [0.1, 0.15) is 12.4 Å². The lowest BCUT2D eigenvalue weighted by Gasteiger charge is -2.18. The Hall–Kier alpha value is -1.28. The van der Waals surface area contributed by atoms with Crippen LogP contribution in [0.15, 0.2) is 13.2 Å². The van der Waals surface area contributed by atoms with Crippen LogP contribution in [0.2, 0.25) is 0 Å². The van der Waals surface area contributed by atoms with Gasteiger partial charge < -0.3 is 48.2 Å². The van der Waals surface area contributed by atoms with Gasteiger partial charge >= 0.3 is 0 Å². The van der Waals surface area contributed by atoms with Gasteiger partial charge in [0.15, 0.2) is 23.1 Å². The maximum Gasteiger partial charge on any atom is 0.189 e. The molecule has 40 heavy (non-hydrogen) atoms. The van der Waals surface area contributed by atoms with Crippen molar-refractivity contribution in [1.82, 2.24) is 0 Å². The molecule has 240 valence electrons. The molecule has 5 atom stereocenters. The number of carbonyl (C=O) groups excluding carboxylic acids is 2. The zero-order chi connectivity index (χ0) is 32.2. The van der Waals surface area contributed by atoms with Crippen LogP contribution in [0.1, 0.15) is 83.1 Å². The van der Waals surface area contributed by atoms with E-state index in [1.165, 1.54) is 20.8 Å². The maximum absolute atomic E-state index is 9.56. The average molecular weight is 583 g/mol. The van der Waals surface area contributed by atoms with Crippen LogP contribution in [0, 0.1) is 0 Å². The third-order valence-electron chi connectivity index (χ3n) is 4.39. The summed E-state index contributed by atoms with van der Waals surface area (Å²) in [6.07, 6.45) is 1.23. The number of aliphatic hydroxyl groups excluding tert-OH is 2. The van der Waals surface area contributed by atoms with Gasteiger partial charge in [0, 0.05) is 0 Å². The van der Waals surface area contributed by atoms with E-state index < -0.39 is 5.79 Å². The van der Waals surface area contributed by atoms with E-state index in [-0.39, 0.29) is 54.7 Å².